The summed E-state index contributed by atoms with van der Waals surface area (Å²) in [5.41, 5.74) is -0.0849. The van der Waals surface area contributed by atoms with Crippen LogP contribution in [0.4, 0.5) is 13.2 Å². The molecule has 0 amide bonds. The third-order valence-electron chi connectivity index (χ3n) is 2.19. The maximum absolute atomic E-state index is 12.7. The van der Waals surface area contributed by atoms with Crippen molar-refractivity contribution in [2.45, 2.75) is 11.7 Å². The first kappa shape index (κ1) is 11.8. The van der Waals surface area contributed by atoms with Crippen molar-refractivity contribution in [3.63, 3.8) is 0 Å². The molecule has 1 unspecified atom stereocenters. The Balaban J connectivity index is 2.50. The molecule has 5 nitrogen and oxygen atoms in total. The van der Waals surface area contributed by atoms with Crippen molar-refractivity contribution in [2.24, 2.45) is 5.10 Å². The van der Waals surface area contributed by atoms with Gasteiger partial charge in [0.2, 0.25) is 0 Å². The number of rotatable bonds is 1. The number of halogens is 3. The van der Waals surface area contributed by atoms with Crippen LogP contribution >= 0.6 is 12.6 Å². The minimum Gasteiger partial charge on any atom is -0.478 e. The summed E-state index contributed by atoms with van der Waals surface area (Å²) in [5.74, 6) is -1.65. The van der Waals surface area contributed by atoms with Crippen molar-refractivity contribution in [1.82, 2.24) is 10.3 Å². The van der Waals surface area contributed by atoms with Crippen molar-refractivity contribution in [3.8, 4) is 0 Å². The molecule has 0 bridgehead atoms. The first-order valence-electron chi connectivity index (χ1n) is 4.35. The number of nitrogens with one attached hydrogen (secondary N) is 1. The van der Waals surface area contributed by atoms with Crippen LogP contribution in [0.3, 0.4) is 0 Å². The van der Waals surface area contributed by atoms with Crippen LogP contribution in [0.5, 0.6) is 0 Å². The minimum absolute atomic E-state index is 0.299. The van der Waals surface area contributed by atoms with Gasteiger partial charge in [-0.25, -0.2) is 4.79 Å². The molecule has 2 rings (SSSR count). The van der Waals surface area contributed by atoms with Crippen LogP contribution in [-0.4, -0.2) is 33.5 Å². The van der Waals surface area contributed by atoms with Crippen molar-refractivity contribution in [1.29, 1.82) is 0 Å². The number of allylic oxidation sites excluding steroid dienone is 3. The van der Waals surface area contributed by atoms with E-state index in [0.717, 1.165) is 6.08 Å². The smallest absolute Gasteiger partial charge is 0.431 e. The van der Waals surface area contributed by atoms with Crippen molar-refractivity contribution >= 4 is 24.4 Å². The van der Waals surface area contributed by atoms with Gasteiger partial charge in [-0.05, 0) is 12.2 Å². The number of alkyl halides is 3. The molecule has 2 aliphatic heterocycles. The standard InChI is InChI=1S/C8H6F3N3O2S/c9-8(10,11)4-2-1-3(6(15)16)5-12-13-7(17)14(4)5/h1-2,7,13,17H,(H,15,16). The van der Waals surface area contributed by atoms with Gasteiger partial charge in [0, 0.05) is 0 Å². The van der Waals surface area contributed by atoms with E-state index in [1.165, 1.54) is 0 Å². The van der Waals surface area contributed by atoms with Gasteiger partial charge < -0.3 is 5.11 Å². The summed E-state index contributed by atoms with van der Waals surface area (Å²) in [6, 6.07) is 0. The van der Waals surface area contributed by atoms with Gasteiger partial charge in [-0.2, -0.15) is 18.3 Å². The first-order valence-corrected chi connectivity index (χ1v) is 4.87. The van der Waals surface area contributed by atoms with Gasteiger partial charge >= 0.3 is 12.1 Å². The number of hydrogen-bond donors (Lipinski definition) is 3. The predicted molar refractivity (Wildman–Crippen MR) is 55.0 cm³/mol. The van der Waals surface area contributed by atoms with E-state index >= 15 is 0 Å². The van der Waals surface area contributed by atoms with Crippen LogP contribution in [-0.2, 0) is 4.79 Å². The Morgan fingerprint density at radius 1 is 1.53 bits per heavy atom. The highest BCUT2D eigenvalue weighted by molar-refractivity contribution is 7.80. The monoisotopic (exact) mass is 265 g/mol. The second-order valence-electron chi connectivity index (χ2n) is 3.24. The summed E-state index contributed by atoms with van der Waals surface area (Å²) in [5, 5.41) is 12.4. The average molecular weight is 265 g/mol. The molecular formula is C8H6F3N3O2S. The average Bonchev–Trinajstić information content (AvgIpc) is 2.58. The third kappa shape index (κ3) is 1.86. The third-order valence-corrected chi connectivity index (χ3v) is 2.53. The lowest BCUT2D eigenvalue weighted by atomic mass is 10.1. The van der Waals surface area contributed by atoms with Gasteiger partial charge in [0.25, 0.3) is 0 Å². The zero-order valence-electron chi connectivity index (χ0n) is 8.06. The molecular weight excluding hydrogens is 259 g/mol. The van der Waals surface area contributed by atoms with E-state index in [-0.39, 0.29) is 11.4 Å². The van der Waals surface area contributed by atoms with Crippen molar-refractivity contribution < 1.29 is 23.1 Å². The Bertz CT molecular complexity index is 469. The molecule has 0 spiro atoms. The fourth-order valence-electron chi connectivity index (χ4n) is 1.50. The Hall–Kier alpha value is -1.64. The summed E-state index contributed by atoms with van der Waals surface area (Å²) >= 11 is 3.85. The van der Waals surface area contributed by atoms with Gasteiger partial charge in [-0.15, -0.1) is 12.6 Å². The molecule has 0 aromatic heterocycles. The summed E-state index contributed by atoms with van der Waals surface area (Å²) in [4.78, 5) is 11.5. The number of aliphatic carboxylic acids is 1. The Labute approximate surface area is 98.7 Å². The van der Waals surface area contributed by atoms with Gasteiger partial charge in [0.05, 0.1) is 0 Å². The number of fused-ring (bicyclic) bond motifs is 1. The molecule has 2 aliphatic rings. The van der Waals surface area contributed by atoms with Gasteiger partial charge in [-0.1, -0.05) is 0 Å². The van der Waals surface area contributed by atoms with Crippen LogP contribution in [0.15, 0.2) is 28.5 Å². The first-order chi connectivity index (χ1) is 7.82. The molecule has 2 N–H and O–H groups in total. The highest BCUT2D eigenvalue weighted by atomic mass is 32.1. The van der Waals surface area contributed by atoms with Crippen molar-refractivity contribution in [2.75, 3.05) is 0 Å². The molecule has 0 saturated carbocycles. The molecule has 0 saturated heterocycles. The van der Waals surface area contributed by atoms with Crippen LogP contribution in [0.25, 0.3) is 0 Å². The van der Waals surface area contributed by atoms with E-state index in [1.54, 1.807) is 0 Å². The molecule has 92 valence electrons. The van der Waals surface area contributed by atoms with E-state index in [0.29, 0.717) is 11.0 Å². The number of carboxylic acid groups (broad SMARTS) is 1. The highest BCUT2D eigenvalue weighted by Gasteiger charge is 2.46. The largest absolute Gasteiger partial charge is 0.478 e. The highest BCUT2D eigenvalue weighted by Crippen LogP contribution is 2.35. The number of amidine groups is 1. The van der Waals surface area contributed by atoms with Gasteiger partial charge in [0.15, 0.2) is 11.3 Å². The van der Waals surface area contributed by atoms with Gasteiger partial charge in [-0.3, -0.25) is 10.3 Å². The maximum atomic E-state index is 12.7. The Kier molecular flexibility index (Phi) is 2.57. The fourth-order valence-corrected chi connectivity index (χ4v) is 1.79. The molecule has 0 aliphatic carbocycles. The molecule has 1 atom stereocenters. The number of nitrogens with zero attached hydrogens (tertiary/aromatic N) is 2. The quantitative estimate of drug-likeness (QED) is 0.616. The SMILES string of the molecule is O=C(O)C1=CC=C(C(F)(F)F)N2C1=NNC2S. The van der Waals surface area contributed by atoms with E-state index in [9.17, 15) is 18.0 Å². The van der Waals surface area contributed by atoms with Gasteiger partial charge in [0.1, 0.15) is 11.3 Å². The molecule has 17 heavy (non-hydrogen) atoms. The number of carbonyl (C=O) groups is 1. The summed E-state index contributed by atoms with van der Waals surface area (Å²) in [7, 11) is 0. The normalized spacial score (nSPS) is 23.4. The lowest BCUT2D eigenvalue weighted by Gasteiger charge is -2.29. The van der Waals surface area contributed by atoms with E-state index in [1.807, 2.05) is 0 Å². The van der Waals surface area contributed by atoms with Crippen LogP contribution in [0.1, 0.15) is 0 Å². The summed E-state index contributed by atoms with van der Waals surface area (Å²) in [6.07, 6.45) is -3.04. The summed E-state index contributed by atoms with van der Waals surface area (Å²) in [6.45, 7) is 0. The summed E-state index contributed by atoms with van der Waals surface area (Å²) < 4.78 is 38.0. The van der Waals surface area contributed by atoms with Crippen LogP contribution < -0.4 is 5.43 Å². The molecule has 0 fully saturated rings. The maximum Gasteiger partial charge on any atom is 0.431 e. The molecule has 2 heterocycles. The van der Waals surface area contributed by atoms with Crippen LogP contribution in [0.2, 0.25) is 0 Å². The lowest BCUT2D eigenvalue weighted by molar-refractivity contribution is -0.132. The Morgan fingerprint density at radius 2 is 2.18 bits per heavy atom. The number of hydrogen-bond acceptors (Lipinski definition) is 5. The second-order valence-corrected chi connectivity index (χ2v) is 3.73. The Morgan fingerprint density at radius 3 is 2.71 bits per heavy atom. The van der Waals surface area contributed by atoms with Crippen LogP contribution in [0, 0.1) is 0 Å². The predicted octanol–water partition coefficient (Wildman–Crippen LogP) is 0.889. The lowest BCUT2D eigenvalue weighted by Crippen LogP contribution is -2.43. The van der Waals surface area contributed by atoms with E-state index in [2.05, 4.69) is 23.2 Å². The number of thiol groups is 1. The fraction of sp³-hybridized carbons (Fsp3) is 0.250. The van der Waals surface area contributed by atoms with E-state index < -0.39 is 23.3 Å². The minimum atomic E-state index is -4.60. The molecule has 0 aromatic rings. The number of carboxylic acids is 1. The topological polar surface area (TPSA) is 64.9 Å². The van der Waals surface area contributed by atoms with E-state index in [4.69, 9.17) is 5.11 Å². The zero-order chi connectivity index (χ0) is 12.8. The molecule has 0 aromatic carbocycles. The molecule has 9 heteroatoms. The zero-order valence-corrected chi connectivity index (χ0v) is 8.96. The number of hydrazone groups is 1. The van der Waals surface area contributed by atoms with Crippen molar-refractivity contribution in [3.05, 3.63) is 23.4 Å². The second kappa shape index (κ2) is 3.69. The molecule has 0 radical (unpaired) electrons.